The van der Waals surface area contributed by atoms with E-state index in [1.807, 2.05) is 30.4 Å². The lowest BCUT2D eigenvalue weighted by Gasteiger charge is -2.43. The highest BCUT2D eigenvalue weighted by atomic mass is 32.2. The smallest absolute Gasteiger partial charge is 0.322 e. The average molecular weight is 334 g/mol. The molecule has 2 atom stereocenters. The lowest BCUT2D eigenvalue weighted by molar-refractivity contribution is -0.144. The van der Waals surface area contributed by atoms with Gasteiger partial charge in [0, 0.05) is 11.9 Å². The average Bonchev–Trinajstić information content (AvgIpc) is 2.48. The van der Waals surface area contributed by atoms with Gasteiger partial charge < -0.3 is 15.2 Å². The fraction of sp³-hybridized carbons (Fsp3) is 0.933. The van der Waals surface area contributed by atoms with Crippen LogP contribution in [0.5, 0.6) is 0 Å². The van der Waals surface area contributed by atoms with Crippen molar-refractivity contribution in [3.8, 4) is 0 Å². The minimum absolute atomic E-state index is 0.143. The SMILES string of the molecule is CCOC(=O)C(N)CCSC1CCOC2(CCSCC2)C1. The first kappa shape index (κ1) is 17.4. The van der Waals surface area contributed by atoms with E-state index in [9.17, 15) is 4.79 Å². The largest absolute Gasteiger partial charge is 0.465 e. The van der Waals surface area contributed by atoms with Gasteiger partial charge in [-0.15, -0.1) is 0 Å². The standard InChI is InChI=1S/C15H27NO3S2/c1-2-18-14(17)13(16)4-8-21-12-3-7-19-15(11-12)5-9-20-10-6-15/h12-13H,2-11,16H2,1H3. The highest BCUT2D eigenvalue weighted by molar-refractivity contribution is 8.00. The van der Waals surface area contributed by atoms with E-state index in [1.54, 1.807) is 0 Å². The number of rotatable bonds is 6. The molecule has 2 aliphatic heterocycles. The molecule has 2 saturated heterocycles. The Balaban J connectivity index is 1.69. The molecule has 2 rings (SSSR count). The summed E-state index contributed by atoms with van der Waals surface area (Å²) in [6.07, 6.45) is 5.36. The van der Waals surface area contributed by atoms with E-state index in [1.165, 1.54) is 24.3 Å². The second kappa shape index (κ2) is 8.65. The molecular formula is C15H27NO3S2. The Labute approximate surface area is 136 Å². The second-order valence-electron chi connectivity index (χ2n) is 5.78. The number of thioether (sulfide) groups is 2. The zero-order valence-electron chi connectivity index (χ0n) is 12.8. The quantitative estimate of drug-likeness (QED) is 0.753. The molecule has 0 bridgehead atoms. The number of hydrogen-bond donors (Lipinski definition) is 1. The summed E-state index contributed by atoms with van der Waals surface area (Å²) in [5, 5.41) is 0.649. The van der Waals surface area contributed by atoms with Crippen molar-refractivity contribution in [3.63, 3.8) is 0 Å². The van der Waals surface area contributed by atoms with E-state index < -0.39 is 6.04 Å². The number of carbonyl (C=O) groups is 1. The third-order valence-corrected chi connectivity index (χ3v) is 6.55. The third-order valence-electron chi connectivity index (χ3n) is 4.22. The number of carbonyl (C=O) groups excluding carboxylic acids is 1. The number of esters is 1. The van der Waals surface area contributed by atoms with Crippen molar-refractivity contribution >= 4 is 29.5 Å². The van der Waals surface area contributed by atoms with Crippen molar-refractivity contribution in [2.45, 2.75) is 55.9 Å². The van der Waals surface area contributed by atoms with Gasteiger partial charge in [-0.2, -0.15) is 23.5 Å². The third kappa shape index (κ3) is 5.34. The molecule has 1 spiro atoms. The van der Waals surface area contributed by atoms with Crippen LogP contribution in [0, 0.1) is 0 Å². The molecule has 2 aliphatic rings. The molecule has 0 aromatic carbocycles. The van der Waals surface area contributed by atoms with Crippen LogP contribution in [0.1, 0.15) is 39.0 Å². The van der Waals surface area contributed by atoms with Gasteiger partial charge in [-0.3, -0.25) is 4.79 Å². The monoisotopic (exact) mass is 333 g/mol. The molecule has 0 radical (unpaired) electrons. The van der Waals surface area contributed by atoms with Gasteiger partial charge >= 0.3 is 5.97 Å². The maximum atomic E-state index is 11.5. The molecule has 0 aliphatic carbocycles. The molecule has 2 unspecified atom stereocenters. The van der Waals surface area contributed by atoms with Crippen molar-refractivity contribution in [3.05, 3.63) is 0 Å². The van der Waals surface area contributed by atoms with Gasteiger partial charge in [0.25, 0.3) is 0 Å². The normalized spacial score (nSPS) is 26.5. The highest BCUT2D eigenvalue weighted by Gasteiger charge is 2.38. The van der Waals surface area contributed by atoms with Gasteiger partial charge in [0.15, 0.2) is 0 Å². The number of ether oxygens (including phenoxy) is 2. The molecule has 0 aromatic heterocycles. The van der Waals surface area contributed by atoms with Crippen molar-refractivity contribution in [1.82, 2.24) is 0 Å². The maximum absolute atomic E-state index is 11.5. The molecule has 4 nitrogen and oxygen atoms in total. The van der Waals surface area contributed by atoms with Crippen molar-refractivity contribution < 1.29 is 14.3 Å². The molecule has 0 amide bonds. The van der Waals surface area contributed by atoms with Gasteiger partial charge in [0.05, 0.1) is 12.2 Å². The predicted molar refractivity (Wildman–Crippen MR) is 89.9 cm³/mol. The molecule has 21 heavy (non-hydrogen) atoms. The molecule has 2 N–H and O–H groups in total. The van der Waals surface area contributed by atoms with Gasteiger partial charge in [-0.05, 0) is 56.3 Å². The Hall–Kier alpha value is 0.0900. The molecule has 2 heterocycles. The fourth-order valence-electron chi connectivity index (χ4n) is 2.95. The summed E-state index contributed by atoms with van der Waals surface area (Å²) < 4.78 is 11.0. The van der Waals surface area contributed by atoms with E-state index in [2.05, 4.69) is 0 Å². The highest BCUT2D eigenvalue weighted by Crippen LogP contribution is 2.40. The van der Waals surface area contributed by atoms with E-state index >= 15 is 0 Å². The Morgan fingerprint density at radius 2 is 2.29 bits per heavy atom. The minimum Gasteiger partial charge on any atom is -0.465 e. The van der Waals surface area contributed by atoms with Crippen LogP contribution in [0.4, 0.5) is 0 Å². The van der Waals surface area contributed by atoms with Crippen LogP contribution in [-0.2, 0) is 14.3 Å². The Morgan fingerprint density at radius 3 is 3.00 bits per heavy atom. The zero-order valence-corrected chi connectivity index (χ0v) is 14.5. The Bertz CT molecular complexity index is 329. The molecular weight excluding hydrogens is 306 g/mol. The Morgan fingerprint density at radius 1 is 1.52 bits per heavy atom. The van der Waals surface area contributed by atoms with E-state index in [-0.39, 0.29) is 11.6 Å². The molecule has 6 heteroatoms. The fourth-order valence-corrected chi connectivity index (χ4v) is 5.59. The summed E-state index contributed by atoms with van der Waals surface area (Å²) in [7, 11) is 0. The van der Waals surface area contributed by atoms with Gasteiger partial charge in [0.1, 0.15) is 6.04 Å². The first-order chi connectivity index (χ1) is 10.2. The van der Waals surface area contributed by atoms with Gasteiger partial charge in [-0.1, -0.05) is 0 Å². The van der Waals surface area contributed by atoms with Crippen LogP contribution in [-0.4, -0.2) is 53.3 Å². The summed E-state index contributed by atoms with van der Waals surface area (Å²) >= 11 is 3.99. The first-order valence-electron chi connectivity index (χ1n) is 7.91. The van der Waals surface area contributed by atoms with Crippen LogP contribution in [0.2, 0.25) is 0 Å². The van der Waals surface area contributed by atoms with E-state index in [0.29, 0.717) is 18.3 Å². The minimum atomic E-state index is -0.475. The molecule has 2 fully saturated rings. The van der Waals surface area contributed by atoms with Crippen LogP contribution in [0.15, 0.2) is 0 Å². The van der Waals surface area contributed by atoms with Crippen LogP contribution >= 0.6 is 23.5 Å². The summed E-state index contributed by atoms with van der Waals surface area (Å²) in [6, 6.07) is -0.475. The summed E-state index contributed by atoms with van der Waals surface area (Å²) in [5.74, 6) is 3.11. The molecule has 0 aromatic rings. The zero-order chi connectivity index (χ0) is 15.1. The number of nitrogens with two attached hydrogens (primary N) is 1. The molecule has 0 saturated carbocycles. The Kier molecular flexibility index (Phi) is 7.19. The predicted octanol–water partition coefficient (Wildman–Crippen LogP) is 2.44. The van der Waals surface area contributed by atoms with Gasteiger partial charge in [-0.25, -0.2) is 0 Å². The summed E-state index contributed by atoms with van der Waals surface area (Å²) in [5.41, 5.74) is 5.98. The first-order valence-corrected chi connectivity index (χ1v) is 10.1. The summed E-state index contributed by atoms with van der Waals surface area (Å²) in [6.45, 7) is 3.09. The van der Waals surface area contributed by atoms with Crippen molar-refractivity contribution in [2.24, 2.45) is 5.73 Å². The van der Waals surface area contributed by atoms with E-state index in [4.69, 9.17) is 15.2 Å². The van der Waals surface area contributed by atoms with Gasteiger partial charge in [0.2, 0.25) is 0 Å². The van der Waals surface area contributed by atoms with Crippen molar-refractivity contribution in [1.29, 1.82) is 0 Å². The van der Waals surface area contributed by atoms with Crippen LogP contribution in [0.3, 0.4) is 0 Å². The van der Waals surface area contributed by atoms with Crippen LogP contribution in [0.25, 0.3) is 0 Å². The maximum Gasteiger partial charge on any atom is 0.322 e. The second-order valence-corrected chi connectivity index (χ2v) is 8.41. The molecule has 122 valence electrons. The van der Waals surface area contributed by atoms with E-state index in [0.717, 1.165) is 25.2 Å². The summed E-state index contributed by atoms with van der Waals surface area (Å²) in [4.78, 5) is 11.5. The lowest BCUT2D eigenvalue weighted by atomic mass is 9.88. The van der Waals surface area contributed by atoms with Crippen LogP contribution < -0.4 is 5.73 Å². The number of hydrogen-bond acceptors (Lipinski definition) is 6. The topological polar surface area (TPSA) is 61.5 Å². The lowest BCUT2D eigenvalue weighted by Crippen LogP contribution is -2.43. The van der Waals surface area contributed by atoms with Crippen molar-refractivity contribution in [2.75, 3.05) is 30.5 Å².